The third-order valence-electron chi connectivity index (χ3n) is 7.49. The highest BCUT2D eigenvalue weighted by atomic mass is 35.5. The van der Waals surface area contributed by atoms with Gasteiger partial charge in [-0.15, -0.1) is 0 Å². The molecule has 3 aromatic carbocycles. The molecule has 5 rings (SSSR count). The molecule has 7 heteroatoms. The lowest BCUT2D eigenvalue weighted by molar-refractivity contribution is -0.129. The fourth-order valence-corrected chi connectivity index (χ4v) is 5.87. The molecule has 1 fully saturated rings. The zero-order valence-electron chi connectivity index (χ0n) is 20.9. The van der Waals surface area contributed by atoms with Crippen LogP contribution in [0.15, 0.2) is 78.9 Å². The Hall–Kier alpha value is -3.19. The van der Waals surface area contributed by atoms with Gasteiger partial charge in [0.2, 0.25) is 5.91 Å². The number of benzene rings is 3. The fourth-order valence-electron chi connectivity index (χ4n) is 5.74. The summed E-state index contributed by atoms with van der Waals surface area (Å²) in [7, 11) is 1.85. The molecule has 0 saturated heterocycles. The first kappa shape index (κ1) is 25.5. The van der Waals surface area contributed by atoms with Gasteiger partial charge < -0.3 is 10.0 Å². The number of halogens is 1. The minimum absolute atomic E-state index is 0.0673. The van der Waals surface area contributed by atoms with Gasteiger partial charge in [-0.1, -0.05) is 72.3 Å². The number of carbonyl (C=O) groups is 2. The summed E-state index contributed by atoms with van der Waals surface area (Å²) < 4.78 is 0. The van der Waals surface area contributed by atoms with Gasteiger partial charge in [0.1, 0.15) is 0 Å². The summed E-state index contributed by atoms with van der Waals surface area (Å²) in [6.45, 7) is 0.551. The van der Waals surface area contributed by atoms with Crippen molar-refractivity contribution in [3.05, 3.63) is 106 Å². The van der Waals surface area contributed by atoms with Crippen molar-refractivity contribution in [3.8, 4) is 0 Å². The molecule has 2 aliphatic rings. The summed E-state index contributed by atoms with van der Waals surface area (Å²) in [6, 6.07) is 24.3. The van der Waals surface area contributed by atoms with Crippen LogP contribution in [0.2, 0.25) is 5.02 Å². The van der Waals surface area contributed by atoms with E-state index in [2.05, 4.69) is 5.43 Å². The first-order valence-electron chi connectivity index (χ1n) is 12.8. The number of hydrazine groups is 1. The van der Waals surface area contributed by atoms with Crippen LogP contribution in [0.5, 0.6) is 0 Å². The molecule has 0 spiro atoms. The number of carbonyl (C=O) groups excluding carboxylic acids is 2. The van der Waals surface area contributed by atoms with Crippen LogP contribution in [0.25, 0.3) is 0 Å². The van der Waals surface area contributed by atoms with E-state index < -0.39 is 12.0 Å². The van der Waals surface area contributed by atoms with E-state index >= 15 is 0 Å². The molecule has 2 N–H and O–H groups in total. The molecular weight excluding hydrogens is 486 g/mol. The van der Waals surface area contributed by atoms with Gasteiger partial charge >= 0.3 is 0 Å². The molecule has 192 valence electrons. The van der Waals surface area contributed by atoms with E-state index in [4.69, 9.17) is 11.6 Å². The van der Waals surface area contributed by atoms with Crippen molar-refractivity contribution in [2.75, 3.05) is 7.05 Å². The minimum atomic E-state index is -0.611. The van der Waals surface area contributed by atoms with E-state index in [1.807, 2.05) is 78.7 Å². The lowest BCUT2D eigenvalue weighted by atomic mass is 9.77. The molecule has 0 radical (unpaired) electrons. The third-order valence-corrected chi connectivity index (χ3v) is 7.75. The van der Waals surface area contributed by atoms with Crippen LogP contribution in [0, 0.1) is 0 Å². The van der Waals surface area contributed by atoms with Gasteiger partial charge in [-0.2, -0.15) is 0 Å². The molecule has 0 aromatic heterocycles. The Labute approximate surface area is 222 Å². The molecule has 6 nitrogen and oxygen atoms in total. The molecular formula is C30H32ClN3O3. The third kappa shape index (κ3) is 5.42. The topological polar surface area (TPSA) is 72.9 Å². The van der Waals surface area contributed by atoms with Crippen LogP contribution in [-0.4, -0.2) is 46.0 Å². The Morgan fingerprint density at radius 3 is 2.32 bits per heavy atom. The summed E-state index contributed by atoms with van der Waals surface area (Å²) in [6.07, 6.45) is 2.33. The first-order valence-corrected chi connectivity index (χ1v) is 13.2. The van der Waals surface area contributed by atoms with Crippen LogP contribution in [0.3, 0.4) is 0 Å². The number of hydrogen-bond donors (Lipinski definition) is 2. The van der Waals surface area contributed by atoms with Crippen molar-refractivity contribution in [2.45, 2.75) is 56.3 Å². The predicted octanol–water partition coefficient (Wildman–Crippen LogP) is 5.09. The predicted molar refractivity (Wildman–Crippen MR) is 144 cm³/mol. The monoisotopic (exact) mass is 517 g/mol. The largest absolute Gasteiger partial charge is 0.393 e. The van der Waals surface area contributed by atoms with E-state index in [1.54, 1.807) is 17.1 Å². The minimum Gasteiger partial charge on any atom is -0.393 e. The highest BCUT2D eigenvalue weighted by Gasteiger charge is 2.47. The smallest absolute Gasteiger partial charge is 0.254 e. The highest BCUT2D eigenvalue weighted by molar-refractivity contribution is 6.30. The molecule has 3 aromatic rings. The summed E-state index contributed by atoms with van der Waals surface area (Å²) in [5.74, 6) is -0.849. The van der Waals surface area contributed by atoms with Crippen LogP contribution in [0.4, 0.5) is 0 Å². The summed E-state index contributed by atoms with van der Waals surface area (Å²) >= 11 is 6.21. The van der Waals surface area contributed by atoms with E-state index in [1.165, 1.54) is 0 Å². The van der Waals surface area contributed by atoms with E-state index in [0.717, 1.165) is 16.7 Å². The summed E-state index contributed by atoms with van der Waals surface area (Å²) in [5.41, 5.74) is 6.32. The van der Waals surface area contributed by atoms with Crippen LogP contribution in [-0.2, 0) is 11.3 Å². The quantitative estimate of drug-likeness (QED) is 0.447. The molecule has 37 heavy (non-hydrogen) atoms. The Morgan fingerprint density at radius 2 is 1.62 bits per heavy atom. The van der Waals surface area contributed by atoms with E-state index in [-0.39, 0.29) is 24.0 Å². The molecule has 0 unspecified atom stereocenters. The van der Waals surface area contributed by atoms with Gasteiger partial charge in [0.05, 0.1) is 18.1 Å². The second kappa shape index (κ2) is 11.1. The van der Waals surface area contributed by atoms with Crippen molar-refractivity contribution in [2.24, 2.45) is 0 Å². The zero-order chi connectivity index (χ0) is 25.9. The normalized spacial score (nSPS) is 23.6. The number of nitrogens with zero attached hydrogens (tertiary/aromatic N) is 2. The fraction of sp³-hybridized carbons (Fsp3) is 0.333. The van der Waals surface area contributed by atoms with Crippen LogP contribution >= 0.6 is 11.6 Å². The lowest BCUT2D eigenvalue weighted by Gasteiger charge is -2.47. The second-order valence-electron chi connectivity index (χ2n) is 10.1. The van der Waals surface area contributed by atoms with Crippen molar-refractivity contribution < 1.29 is 14.7 Å². The van der Waals surface area contributed by atoms with Gasteiger partial charge in [0.25, 0.3) is 5.91 Å². The van der Waals surface area contributed by atoms with Crippen LogP contribution < -0.4 is 5.43 Å². The van der Waals surface area contributed by atoms with Gasteiger partial charge in [-0.05, 0) is 60.6 Å². The standard InChI is InChI=1S/C30H32ClN3O3/c1-33(19-20-7-3-2-4-8-20)32-29(36)27-25-9-5-6-10-26(25)30(37)34(23-15-17-24(35)18-16-23)28(27)21-11-13-22(31)14-12-21/h2-14,23-24,27-28,35H,15-19H2,1H3,(H,32,36)/t23-,24-,27-,28+/m1/s1. The average molecular weight is 518 g/mol. The number of nitrogens with one attached hydrogen (secondary N) is 1. The maximum absolute atomic E-state index is 14.0. The van der Waals surface area contributed by atoms with Crippen molar-refractivity contribution in [1.29, 1.82) is 0 Å². The van der Waals surface area contributed by atoms with Crippen LogP contribution in [0.1, 0.15) is 64.7 Å². The van der Waals surface area contributed by atoms with Gasteiger partial charge in [0, 0.05) is 30.2 Å². The SMILES string of the molecule is CN(Cc1ccccc1)NC(=O)[C@@H]1c2ccccc2C(=O)N([C@H]2CC[C@H](O)CC2)[C@H]1c1ccc(Cl)cc1. The maximum Gasteiger partial charge on any atom is 0.254 e. The number of amides is 2. The van der Waals surface area contributed by atoms with Crippen molar-refractivity contribution in [1.82, 2.24) is 15.3 Å². The molecule has 1 aliphatic carbocycles. The molecule has 1 heterocycles. The number of rotatable bonds is 6. The maximum atomic E-state index is 14.0. The van der Waals surface area contributed by atoms with E-state index in [9.17, 15) is 14.7 Å². The Morgan fingerprint density at radius 1 is 0.973 bits per heavy atom. The average Bonchev–Trinajstić information content (AvgIpc) is 2.90. The molecule has 1 saturated carbocycles. The van der Waals surface area contributed by atoms with E-state index in [0.29, 0.717) is 42.8 Å². The Balaban J connectivity index is 1.54. The summed E-state index contributed by atoms with van der Waals surface area (Å²) in [4.78, 5) is 29.9. The van der Waals surface area contributed by atoms with Crippen molar-refractivity contribution >= 4 is 23.4 Å². The Kier molecular flexibility index (Phi) is 7.60. The summed E-state index contributed by atoms with van der Waals surface area (Å²) in [5, 5.41) is 12.5. The number of aliphatic hydroxyl groups is 1. The van der Waals surface area contributed by atoms with Crippen molar-refractivity contribution in [3.63, 3.8) is 0 Å². The molecule has 2 atom stereocenters. The second-order valence-corrected chi connectivity index (χ2v) is 10.5. The number of aliphatic hydroxyl groups excluding tert-OH is 1. The van der Waals surface area contributed by atoms with Gasteiger partial charge in [-0.3, -0.25) is 15.0 Å². The highest BCUT2D eigenvalue weighted by Crippen LogP contribution is 2.46. The zero-order valence-corrected chi connectivity index (χ0v) is 21.6. The number of fused-ring (bicyclic) bond motifs is 1. The number of hydrogen-bond acceptors (Lipinski definition) is 4. The first-order chi connectivity index (χ1) is 17.9. The molecule has 2 amide bonds. The van der Waals surface area contributed by atoms with Gasteiger partial charge in [-0.25, -0.2) is 5.01 Å². The Bertz CT molecular complexity index is 1240. The lowest BCUT2D eigenvalue weighted by Crippen LogP contribution is -2.53. The molecule has 0 bridgehead atoms. The van der Waals surface area contributed by atoms with Gasteiger partial charge in [0.15, 0.2) is 0 Å². The molecule has 1 aliphatic heterocycles.